The number of nitrogens with two attached hydrogens (primary N) is 2. The smallest absolute Gasteiger partial charge is 0.195 e. The third-order valence-electron chi connectivity index (χ3n) is 3.19. The highest BCUT2D eigenvalue weighted by Gasteiger charge is 2.07. The Kier molecular flexibility index (Phi) is 3.46. The Balaban J connectivity index is 2.36. The molecule has 0 fully saturated rings. The Bertz CT molecular complexity index is 567. The summed E-state index contributed by atoms with van der Waals surface area (Å²) in [5, 5.41) is 3.13. The highest BCUT2D eigenvalue weighted by atomic mass is 14.8. The molecule has 92 valence electrons. The summed E-state index contributed by atoms with van der Waals surface area (Å²) in [6.07, 6.45) is 0. The van der Waals surface area contributed by atoms with Crippen molar-refractivity contribution in [3.05, 3.63) is 42.0 Å². The lowest BCUT2D eigenvalue weighted by atomic mass is 9.62. The van der Waals surface area contributed by atoms with Crippen molar-refractivity contribution in [2.75, 3.05) is 23.8 Å². The van der Waals surface area contributed by atoms with Crippen molar-refractivity contribution in [1.29, 1.82) is 0 Å². The van der Waals surface area contributed by atoms with E-state index in [1.54, 1.807) is 0 Å². The Hall–Kier alpha value is -2.10. The summed E-state index contributed by atoms with van der Waals surface area (Å²) >= 11 is 0. The van der Waals surface area contributed by atoms with E-state index in [1.807, 2.05) is 37.4 Å². The van der Waals surface area contributed by atoms with Crippen molar-refractivity contribution in [3.63, 3.8) is 0 Å². The normalized spacial score (nSPS) is 10.1. The molecule has 0 aliphatic rings. The maximum Gasteiger partial charge on any atom is 0.195 e. The van der Waals surface area contributed by atoms with Crippen LogP contribution in [0.5, 0.6) is 0 Å². The van der Waals surface area contributed by atoms with Gasteiger partial charge in [0.25, 0.3) is 0 Å². The van der Waals surface area contributed by atoms with Gasteiger partial charge in [0.2, 0.25) is 0 Å². The Labute approximate surface area is 108 Å². The molecule has 2 aromatic rings. The van der Waals surface area contributed by atoms with Gasteiger partial charge in [-0.05, 0) is 37.3 Å². The van der Waals surface area contributed by atoms with E-state index in [9.17, 15) is 0 Å². The predicted molar refractivity (Wildman–Crippen MR) is 82.4 cm³/mol. The molecule has 4 heteroatoms. The van der Waals surface area contributed by atoms with Crippen LogP contribution in [-0.2, 0) is 0 Å². The van der Waals surface area contributed by atoms with Crippen LogP contribution >= 0.6 is 0 Å². The standard InChI is InChI=1S/C14H18BN3/c1-9-3-4-10(16)7-12(9)15-13-8-11(18-2)5-6-14(13)17/h3-8,15,18H,16-17H2,1-2H3. The molecule has 3 nitrogen and oxygen atoms in total. The lowest BCUT2D eigenvalue weighted by Crippen LogP contribution is -2.31. The molecule has 2 rings (SSSR count). The molecule has 0 saturated carbocycles. The van der Waals surface area contributed by atoms with Crippen LogP contribution in [-0.4, -0.2) is 14.3 Å². The highest BCUT2D eigenvalue weighted by molar-refractivity contribution is 6.69. The van der Waals surface area contributed by atoms with Gasteiger partial charge in [-0.1, -0.05) is 22.6 Å². The number of hydrogen-bond acceptors (Lipinski definition) is 3. The molecule has 0 radical (unpaired) electrons. The molecule has 0 atom stereocenters. The summed E-state index contributed by atoms with van der Waals surface area (Å²) in [4.78, 5) is 0. The molecule has 0 heterocycles. The minimum absolute atomic E-state index is 0.791. The van der Waals surface area contributed by atoms with E-state index < -0.39 is 0 Å². The zero-order valence-electron chi connectivity index (χ0n) is 10.8. The van der Waals surface area contributed by atoms with Crippen molar-refractivity contribution in [3.8, 4) is 0 Å². The molecule has 0 spiro atoms. The average molecular weight is 239 g/mol. The predicted octanol–water partition coefficient (Wildman–Crippen LogP) is 0.588. The molecular formula is C14H18BN3. The van der Waals surface area contributed by atoms with Crippen molar-refractivity contribution in [1.82, 2.24) is 0 Å². The van der Waals surface area contributed by atoms with Gasteiger partial charge in [0.05, 0.1) is 0 Å². The van der Waals surface area contributed by atoms with E-state index in [1.165, 1.54) is 11.0 Å². The third kappa shape index (κ3) is 2.59. The molecule has 0 aliphatic heterocycles. The van der Waals surface area contributed by atoms with E-state index in [-0.39, 0.29) is 0 Å². The van der Waals surface area contributed by atoms with E-state index in [2.05, 4.69) is 18.3 Å². The number of hydrogen-bond donors (Lipinski definition) is 3. The van der Waals surface area contributed by atoms with E-state index in [4.69, 9.17) is 11.5 Å². The second kappa shape index (κ2) is 5.04. The monoisotopic (exact) mass is 239 g/mol. The van der Waals surface area contributed by atoms with Crippen LogP contribution in [0, 0.1) is 6.92 Å². The number of anilines is 3. The van der Waals surface area contributed by atoms with Gasteiger partial charge in [-0.25, -0.2) is 0 Å². The summed E-state index contributed by atoms with van der Waals surface area (Å²) in [7, 11) is 2.71. The summed E-state index contributed by atoms with van der Waals surface area (Å²) in [5.41, 5.74) is 18.1. The molecule has 0 saturated heterocycles. The maximum atomic E-state index is 6.02. The summed E-state index contributed by atoms with van der Waals surface area (Å²) in [6, 6.07) is 12.0. The number of nitrogen functional groups attached to an aromatic ring is 2. The number of nitrogens with one attached hydrogen (secondary N) is 1. The first-order valence-electron chi connectivity index (χ1n) is 6.01. The van der Waals surface area contributed by atoms with Crippen LogP contribution in [0.1, 0.15) is 5.56 Å². The van der Waals surface area contributed by atoms with Gasteiger partial charge in [-0.2, -0.15) is 0 Å². The van der Waals surface area contributed by atoms with E-state index in [0.717, 1.165) is 29.8 Å². The van der Waals surface area contributed by atoms with E-state index in [0.29, 0.717) is 0 Å². The molecular weight excluding hydrogens is 221 g/mol. The average Bonchev–Trinajstić information content (AvgIpc) is 2.36. The molecule has 18 heavy (non-hydrogen) atoms. The van der Waals surface area contributed by atoms with Gasteiger partial charge in [0.15, 0.2) is 7.28 Å². The number of benzene rings is 2. The van der Waals surface area contributed by atoms with Crippen LogP contribution in [0.15, 0.2) is 36.4 Å². The van der Waals surface area contributed by atoms with Crippen molar-refractivity contribution in [2.24, 2.45) is 0 Å². The zero-order chi connectivity index (χ0) is 13.1. The first-order chi connectivity index (χ1) is 8.60. The van der Waals surface area contributed by atoms with Gasteiger partial charge >= 0.3 is 0 Å². The van der Waals surface area contributed by atoms with Gasteiger partial charge in [0, 0.05) is 24.1 Å². The van der Waals surface area contributed by atoms with Crippen LogP contribution in [0.3, 0.4) is 0 Å². The van der Waals surface area contributed by atoms with Gasteiger partial charge in [0.1, 0.15) is 0 Å². The fourth-order valence-corrected chi connectivity index (χ4v) is 2.00. The minimum Gasteiger partial charge on any atom is -0.399 e. The lowest BCUT2D eigenvalue weighted by Gasteiger charge is -2.10. The second-order valence-electron chi connectivity index (χ2n) is 4.53. The lowest BCUT2D eigenvalue weighted by molar-refractivity contribution is 1.51. The van der Waals surface area contributed by atoms with Crippen molar-refractivity contribution in [2.45, 2.75) is 6.92 Å². The van der Waals surface area contributed by atoms with E-state index >= 15 is 0 Å². The van der Waals surface area contributed by atoms with Crippen LogP contribution in [0.25, 0.3) is 0 Å². The molecule has 0 aromatic heterocycles. The fourth-order valence-electron chi connectivity index (χ4n) is 2.00. The molecule has 0 aliphatic carbocycles. The largest absolute Gasteiger partial charge is 0.399 e. The molecule has 2 aromatic carbocycles. The molecule has 0 bridgehead atoms. The fraction of sp³-hybridized carbons (Fsp3) is 0.143. The number of rotatable bonds is 3. The van der Waals surface area contributed by atoms with Crippen molar-refractivity contribution < 1.29 is 0 Å². The summed E-state index contributed by atoms with van der Waals surface area (Å²) < 4.78 is 0. The van der Waals surface area contributed by atoms with Crippen LogP contribution in [0.2, 0.25) is 0 Å². The Morgan fingerprint density at radius 1 is 1.00 bits per heavy atom. The second-order valence-corrected chi connectivity index (χ2v) is 4.53. The Morgan fingerprint density at radius 2 is 1.78 bits per heavy atom. The van der Waals surface area contributed by atoms with Gasteiger partial charge in [-0.15, -0.1) is 0 Å². The van der Waals surface area contributed by atoms with Crippen molar-refractivity contribution >= 4 is 35.3 Å². The maximum absolute atomic E-state index is 6.02. The zero-order valence-corrected chi connectivity index (χ0v) is 10.8. The first-order valence-corrected chi connectivity index (χ1v) is 6.01. The summed E-state index contributed by atoms with van der Waals surface area (Å²) in [6.45, 7) is 2.09. The molecule has 0 amide bonds. The SMILES string of the molecule is CNc1ccc(N)c(Bc2cc(N)ccc2C)c1. The Morgan fingerprint density at radius 3 is 2.50 bits per heavy atom. The minimum atomic E-state index is 0.791. The first kappa shape index (κ1) is 12.4. The third-order valence-corrected chi connectivity index (χ3v) is 3.19. The quantitative estimate of drug-likeness (QED) is 0.542. The highest BCUT2D eigenvalue weighted by Crippen LogP contribution is 2.08. The summed E-state index contributed by atoms with van der Waals surface area (Å²) in [5.74, 6) is 0. The van der Waals surface area contributed by atoms with Crippen LogP contribution in [0.4, 0.5) is 17.1 Å². The number of aryl methyl sites for hydroxylation is 1. The van der Waals surface area contributed by atoms with Crippen LogP contribution < -0.4 is 27.7 Å². The van der Waals surface area contributed by atoms with Gasteiger partial charge in [-0.3, -0.25) is 0 Å². The molecule has 0 unspecified atom stereocenters. The van der Waals surface area contributed by atoms with Gasteiger partial charge < -0.3 is 16.8 Å². The topological polar surface area (TPSA) is 64.1 Å². The molecule has 5 N–H and O–H groups in total.